The Kier molecular flexibility index (Phi) is 8.60. The molecule has 0 aliphatic rings. The summed E-state index contributed by atoms with van der Waals surface area (Å²) in [7, 11) is 2.02. The lowest BCUT2D eigenvalue weighted by molar-refractivity contribution is 0.139. The van der Waals surface area contributed by atoms with Crippen molar-refractivity contribution in [3.8, 4) is 0 Å². The monoisotopic (exact) mass is 332 g/mol. The summed E-state index contributed by atoms with van der Waals surface area (Å²) in [4.78, 5) is 2.13. The molecule has 0 aromatic heterocycles. The zero-order valence-corrected chi connectivity index (χ0v) is 14.6. The maximum atomic E-state index is 9.43. The first kappa shape index (κ1) is 18.7. The first-order valence-corrected chi connectivity index (χ1v) is 8.25. The first-order chi connectivity index (χ1) is 9.95. The molecule has 2 unspecified atom stereocenters. The second kappa shape index (κ2) is 9.65. The highest BCUT2D eigenvalue weighted by atomic mass is 35.5. The Morgan fingerprint density at radius 2 is 2.05 bits per heavy atom. The van der Waals surface area contributed by atoms with Crippen LogP contribution in [0.4, 0.5) is 0 Å². The second-order valence-corrected chi connectivity index (χ2v) is 6.33. The Labute approximate surface area is 138 Å². The highest BCUT2D eigenvalue weighted by Crippen LogP contribution is 2.31. The molecular weight excluding hydrogens is 307 g/mol. The van der Waals surface area contributed by atoms with E-state index in [0.717, 1.165) is 31.5 Å². The maximum Gasteiger partial charge on any atom is 0.0640 e. The molecule has 2 N–H and O–H groups in total. The van der Waals surface area contributed by atoms with Gasteiger partial charge in [0.25, 0.3) is 0 Å². The van der Waals surface area contributed by atoms with E-state index >= 15 is 0 Å². The van der Waals surface area contributed by atoms with Crippen LogP contribution in [-0.2, 0) is 0 Å². The van der Waals surface area contributed by atoms with Crippen LogP contribution in [-0.4, -0.2) is 42.8 Å². The number of likely N-dealkylation sites (N-methyl/N-ethyl adjacent to an activating group) is 1. The van der Waals surface area contributed by atoms with Crippen LogP contribution in [0.1, 0.15) is 38.3 Å². The van der Waals surface area contributed by atoms with Gasteiger partial charge in [0, 0.05) is 12.6 Å². The number of benzene rings is 1. The zero-order valence-electron chi connectivity index (χ0n) is 13.1. The van der Waals surface area contributed by atoms with Gasteiger partial charge in [-0.2, -0.15) is 0 Å². The van der Waals surface area contributed by atoms with E-state index in [1.807, 2.05) is 25.2 Å². The van der Waals surface area contributed by atoms with Crippen LogP contribution in [0.3, 0.4) is 0 Å². The molecule has 0 saturated carbocycles. The highest BCUT2D eigenvalue weighted by Gasteiger charge is 2.16. The van der Waals surface area contributed by atoms with Crippen molar-refractivity contribution in [3.63, 3.8) is 0 Å². The quantitative estimate of drug-likeness (QED) is 0.723. The lowest BCUT2D eigenvalue weighted by Crippen LogP contribution is -2.31. The molecule has 0 amide bonds. The number of hydrogen-bond acceptors (Lipinski definition) is 3. The highest BCUT2D eigenvalue weighted by molar-refractivity contribution is 6.42. The summed E-state index contributed by atoms with van der Waals surface area (Å²) in [5.74, 6) is 0. The van der Waals surface area contributed by atoms with Crippen LogP contribution < -0.4 is 5.32 Å². The van der Waals surface area contributed by atoms with Gasteiger partial charge in [-0.3, -0.25) is 0 Å². The molecule has 0 aliphatic heterocycles. The number of halogens is 2. The van der Waals surface area contributed by atoms with Crippen molar-refractivity contribution in [1.82, 2.24) is 10.2 Å². The van der Waals surface area contributed by atoms with Crippen LogP contribution in [0.2, 0.25) is 10.0 Å². The van der Waals surface area contributed by atoms with Crippen LogP contribution >= 0.6 is 23.2 Å². The molecule has 21 heavy (non-hydrogen) atoms. The lowest BCUT2D eigenvalue weighted by Gasteiger charge is -2.24. The van der Waals surface area contributed by atoms with Gasteiger partial charge in [-0.15, -0.1) is 0 Å². The van der Waals surface area contributed by atoms with Crippen molar-refractivity contribution in [2.45, 2.75) is 38.8 Å². The van der Waals surface area contributed by atoms with Crippen LogP contribution in [0.5, 0.6) is 0 Å². The van der Waals surface area contributed by atoms with Crippen molar-refractivity contribution in [2.24, 2.45) is 0 Å². The molecule has 2 atom stereocenters. The fraction of sp³-hybridized carbons (Fsp3) is 0.625. The van der Waals surface area contributed by atoms with Gasteiger partial charge in [0.1, 0.15) is 0 Å². The number of aliphatic hydroxyl groups is 1. The minimum Gasteiger partial charge on any atom is -0.392 e. The molecular formula is C16H26Cl2N2O. The van der Waals surface area contributed by atoms with E-state index < -0.39 is 0 Å². The van der Waals surface area contributed by atoms with Crippen LogP contribution in [0.25, 0.3) is 0 Å². The molecule has 0 spiro atoms. The largest absolute Gasteiger partial charge is 0.392 e. The van der Waals surface area contributed by atoms with E-state index in [0.29, 0.717) is 16.6 Å². The smallest absolute Gasteiger partial charge is 0.0640 e. The van der Waals surface area contributed by atoms with Crippen molar-refractivity contribution in [1.29, 1.82) is 0 Å². The Balaban J connectivity index is 2.73. The van der Waals surface area contributed by atoms with Gasteiger partial charge in [0.2, 0.25) is 0 Å². The molecule has 0 aliphatic carbocycles. The standard InChI is InChI=1S/C16H26Cl2N2O/c1-4-9-19-15(8-10-20(3)11-12(2)21)13-6-5-7-14(17)16(13)18/h5-7,12,15,19,21H,4,8-11H2,1-3H3. The van der Waals surface area contributed by atoms with E-state index in [4.69, 9.17) is 23.2 Å². The minimum absolute atomic E-state index is 0.174. The van der Waals surface area contributed by atoms with Crippen molar-refractivity contribution >= 4 is 23.2 Å². The van der Waals surface area contributed by atoms with Gasteiger partial charge < -0.3 is 15.3 Å². The van der Waals surface area contributed by atoms with Gasteiger partial charge in [-0.25, -0.2) is 0 Å². The molecule has 5 heteroatoms. The Morgan fingerprint density at radius 3 is 2.67 bits per heavy atom. The Morgan fingerprint density at radius 1 is 1.33 bits per heavy atom. The molecule has 1 aromatic carbocycles. The Bertz CT molecular complexity index is 427. The third-order valence-electron chi connectivity index (χ3n) is 3.37. The number of rotatable bonds is 9. The topological polar surface area (TPSA) is 35.5 Å². The molecule has 0 bridgehead atoms. The molecule has 1 aromatic rings. The van der Waals surface area contributed by atoms with Gasteiger partial charge in [0.15, 0.2) is 0 Å². The van der Waals surface area contributed by atoms with Crippen molar-refractivity contribution < 1.29 is 5.11 Å². The second-order valence-electron chi connectivity index (χ2n) is 5.55. The molecule has 3 nitrogen and oxygen atoms in total. The summed E-state index contributed by atoms with van der Waals surface area (Å²) in [5.41, 5.74) is 1.04. The third-order valence-corrected chi connectivity index (χ3v) is 4.21. The van der Waals surface area contributed by atoms with Gasteiger partial charge in [-0.05, 0) is 51.5 Å². The molecule has 0 radical (unpaired) electrons. The van der Waals surface area contributed by atoms with E-state index in [1.165, 1.54) is 0 Å². The minimum atomic E-state index is -0.313. The predicted octanol–water partition coefficient (Wildman–Crippen LogP) is 3.74. The fourth-order valence-corrected chi connectivity index (χ4v) is 2.81. The average molecular weight is 333 g/mol. The van der Waals surface area contributed by atoms with E-state index in [-0.39, 0.29) is 12.1 Å². The summed E-state index contributed by atoms with van der Waals surface area (Å²) in [6.07, 6.45) is 1.67. The van der Waals surface area contributed by atoms with Crippen LogP contribution in [0.15, 0.2) is 18.2 Å². The fourth-order valence-electron chi connectivity index (χ4n) is 2.37. The average Bonchev–Trinajstić information content (AvgIpc) is 2.42. The van der Waals surface area contributed by atoms with Gasteiger partial charge >= 0.3 is 0 Å². The molecule has 1 rings (SSSR count). The summed E-state index contributed by atoms with van der Waals surface area (Å²) < 4.78 is 0. The molecule has 120 valence electrons. The van der Waals surface area contributed by atoms with Crippen LogP contribution in [0, 0.1) is 0 Å². The normalized spacial score (nSPS) is 14.4. The third kappa shape index (κ3) is 6.54. The number of nitrogens with one attached hydrogen (secondary N) is 1. The summed E-state index contributed by atoms with van der Waals surface area (Å²) in [6.45, 7) is 6.44. The summed E-state index contributed by atoms with van der Waals surface area (Å²) in [5, 5.41) is 14.2. The van der Waals surface area contributed by atoms with Gasteiger partial charge in [-0.1, -0.05) is 42.3 Å². The Hall–Kier alpha value is -0.320. The maximum absolute atomic E-state index is 9.43. The summed E-state index contributed by atoms with van der Waals surface area (Å²) >= 11 is 12.5. The molecule has 0 heterocycles. The predicted molar refractivity (Wildman–Crippen MR) is 91.3 cm³/mol. The number of hydrogen-bond donors (Lipinski definition) is 2. The summed E-state index contributed by atoms with van der Waals surface area (Å²) in [6, 6.07) is 5.94. The molecule has 0 fully saturated rings. The number of aliphatic hydroxyl groups excluding tert-OH is 1. The van der Waals surface area contributed by atoms with Gasteiger partial charge in [0.05, 0.1) is 16.1 Å². The SMILES string of the molecule is CCCNC(CCN(C)CC(C)O)c1cccc(Cl)c1Cl. The first-order valence-electron chi connectivity index (χ1n) is 7.49. The van der Waals surface area contributed by atoms with E-state index in [1.54, 1.807) is 6.92 Å². The number of nitrogens with zero attached hydrogens (tertiary/aromatic N) is 1. The molecule has 0 saturated heterocycles. The lowest BCUT2D eigenvalue weighted by atomic mass is 10.0. The van der Waals surface area contributed by atoms with Crippen molar-refractivity contribution in [2.75, 3.05) is 26.7 Å². The van der Waals surface area contributed by atoms with E-state index in [2.05, 4.69) is 17.1 Å². The van der Waals surface area contributed by atoms with Crippen molar-refractivity contribution in [3.05, 3.63) is 33.8 Å². The zero-order chi connectivity index (χ0) is 15.8. The van der Waals surface area contributed by atoms with E-state index in [9.17, 15) is 5.11 Å².